The lowest BCUT2D eigenvalue weighted by atomic mass is 10.2. The first-order valence-electron chi connectivity index (χ1n) is 4.59. The summed E-state index contributed by atoms with van der Waals surface area (Å²) >= 11 is 5.58. The maximum Gasteiger partial charge on any atom is 0.143 e. The van der Waals surface area contributed by atoms with Gasteiger partial charge in [-0.05, 0) is 18.4 Å². The smallest absolute Gasteiger partial charge is 0.143 e. The van der Waals surface area contributed by atoms with Crippen molar-refractivity contribution in [3.63, 3.8) is 0 Å². The molecule has 0 bridgehead atoms. The second-order valence-electron chi connectivity index (χ2n) is 3.82. The Morgan fingerprint density at radius 2 is 2.21 bits per heavy atom. The van der Waals surface area contributed by atoms with Crippen molar-refractivity contribution in [2.24, 2.45) is 5.92 Å². The summed E-state index contributed by atoms with van der Waals surface area (Å²) in [5.74, 6) is 0.213. The third-order valence-corrected chi connectivity index (χ3v) is 2.83. The number of rotatable bonds is 2. The van der Waals surface area contributed by atoms with Gasteiger partial charge in [0.25, 0.3) is 0 Å². The molecular weight excluding hydrogens is 203 g/mol. The lowest BCUT2D eigenvalue weighted by Crippen LogP contribution is -2.06. The SMILES string of the molecule is CC1CC1Nc1cc(F)c(Cl)cc1N. The third-order valence-electron chi connectivity index (χ3n) is 2.54. The molecule has 0 saturated heterocycles. The van der Waals surface area contributed by atoms with E-state index >= 15 is 0 Å². The van der Waals surface area contributed by atoms with Gasteiger partial charge in [-0.2, -0.15) is 0 Å². The minimum atomic E-state index is -0.434. The molecule has 14 heavy (non-hydrogen) atoms. The zero-order chi connectivity index (χ0) is 10.3. The van der Waals surface area contributed by atoms with Gasteiger partial charge in [0.1, 0.15) is 5.82 Å². The van der Waals surface area contributed by atoms with Crippen molar-refractivity contribution in [2.45, 2.75) is 19.4 Å². The largest absolute Gasteiger partial charge is 0.397 e. The highest BCUT2D eigenvalue weighted by Crippen LogP contribution is 2.35. The molecule has 1 aliphatic rings. The molecule has 4 heteroatoms. The predicted molar refractivity (Wildman–Crippen MR) is 57.0 cm³/mol. The standard InChI is InChI=1S/C10H12ClFN2/c1-5-2-9(5)14-10-4-7(12)6(11)3-8(10)13/h3-5,9,14H,2,13H2,1H3. The normalized spacial score (nSPS) is 24.8. The molecular formula is C10H12ClFN2. The molecule has 1 fully saturated rings. The molecule has 2 atom stereocenters. The number of nitrogens with one attached hydrogen (secondary N) is 1. The van der Waals surface area contributed by atoms with Gasteiger partial charge in [-0.25, -0.2) is 4.39 Å². The van der Waals surface area contributed by atoms with E-state index in [-0.39, 0.29) is 5.02 Å². The average Bonchev–Trinajstić information content (AvgIpc) is 2.78. The Kier molecular flexibility index (Phi) is 2.27. The van der Waals surface area contributed by atoms with E-state index in [1.807, 2.05) is 0 Å². The van der Waals surface area contributed by atoms with Crippen LogP contribution in [0.25, 0.3) is 0 Å². The fourth-order valence-corrected chi connectivity index (χ4v) is 1.58. The summed E-state index contributed by atoms with van der Waals surface area (Å²) in [5, 5.41) is 3.24. The van der Waals surface area contributed by atoms with Gasteiger partial charge in [-0.3, -0.25) is 0 Å². The van der Waals surface area contributed by atoms with Gasteiger partial charge in [-0.15, -0.1) is 0 Å². The molecule has 0 radical (unpaired) electrons. The molecule has 1 aliphatic carbocycles. The van der Waals surface area contributed by atoms with Crippen molar-refractivity contribution in [1.82, 2.24) is 0 Å². The summed E-state index contributed by atoms with van der Waals surface area (Å²) in [4.78, 5) is 0. The van der Waals surface area contributed by atoms with E-state index in [1.165, 1.54) is 12.1 Å². The first kappa shape index (κ1) is 9.59. The Balaban J connectivity index is 2.20. The Morgan fingerprint density at radius 1 is 1.57 bits per heavy atom. The first-order valence-corrected chi connectivity index (χ1v) is 4.97. The molecule has 3 N–H and O–H groups in total. The summed E-state index contributed by atoms with van der Waals surface area (Å²) in [6, 6.07) is 3.22. The lowest BCUT2D eigenvalue weighted by Gasteiger charge is -2.09. The van der Waals surface area contributed by atoms with Gasteiger partial charge in [0.2, 0.25) is 0 Å². The zero-order valence-corrected chi connectivity index (χ0v) is 8.61. The van der Waals surface area contributed by atoms with Crippen LogP contribution in [-0.2, 0) is 0 Å². The second-order valence-corrected chi connectivity index (χ2v) is 4.22. The average molecular weight is 215 g/mol. The molecule has 1 aromatic rings. The van der Waals surface area contributed by atoms with Crippen molar-refractivity contribution in [3.8, 4) is 0 Å². The van der Waals surface area contributed by atoms with Crippen LogP contribution in [0.3, 0.4) is 0 Å². The molecule has 0 aromatic heterocycles. The van der Waals surface area contributed by atoms with Crippen LogP contribution in [0, 0.1) is 11.7 Å². The van der Waals surface area contributed by atoms with Crippen LogP contribution in [0.1, 0.15) is 13.3 Å². The number of hydrogen-bond donors (Lipinski definition) is 2. The Bertz CT molecular complexity index is 367. The first-order chi connectivity index (χ1) is 6.58. The molecule has 2 nitrogen and oxygen atoms in total. The van der Waals surface area contributed by atoms with Gasteiger partial charge >= 0.3 is 0 Å². The van der Waals surface area contributed by atoms with Crippen LogP contribution in [0.15, 0.2) is 12.1 Å². The summed E-state index contributed by atoms with van der Waals surface area (Å²) in [7, 11) is 0. The monoisotopic (exact) mass is 214 g/mol. The maximum atomic E-state index is 13.1. The van der Waals surface area contributed by atoms with Crippen LogP contribution < -0.4 is 11.1 Å². The van der Waals surface area contributed by atoms with Crippen molar-refractivity contribution in [3.05, 3.63) is 23.0 Å². The van der Waals surface area contributed by atoms with Crippen LogP contribution in [0.5, 0.6) is 0 Å². The summed E-state index contributed by atoms with van der Waals surface area (Å²) in [5.41, 5.74) is 6.83. The van der Waals surface area contributed by atoms with Crippen molar-refractivity contribution in [2.75, 3.05) is 11.1 Å². The van der Waals surface area contributed by atoms with Gasteiger partial charge < -0.3 is 11.1 Å². The number of anilines is 2. The molecule has 2 unspecified atom stereocenters. The molecule has 0 aliphatic heterocycles. The highest BCUT2D eigenvalue weighted by Gasteiger charge is 2.32. The molecule has 0 spiro atoms. The van der Waals surface area contributed by atoms with E-state index in [9.17, 15) is 4.39 Å². The lowest BCUT2D eigenvalue weighted by molar-refractivity contribution is 0.629. The summed E-state index contributed by atoms with van der Waals surface area (Å²) < 4.78 is 13.1. The van der Waals surface area contributed by atoms with Crippen LogP contribution in [0.2, 0.25) is 5.02 Å². The quantitative estimate of drug-likeness (QED) is 0.743. The summed E-state index contributed by atoms with van der Waals surface area (Å²) in [6.07, 6.45) is 1.11. The number of benzene rings is 1. The minimum Gasteiger partial charge on any atom is -0.397 e. The summed E-state index contributed by atoms with van der Waals surface area (Å²) in [6.45, 7) is 2.14. The Labute approximate surface area is 87.2 Å². The Hall–Kier alpha value is -0.960. The third kappa shape index (κ3) is 1.77. The van der Waals surface area contributed by atoms with Crippen LogP contribution >= 0.6 is 11.6 Å². The van der Waals surface area contributed by atoms with Crippen molar-refractivity contribution >= 4 is 23.0 Å². The topological polar surface area (TPSA) is 38.0 Å². The zero-order valence-electron chi connectivity index (χ0n) is 7.85. The highest BCUT2D eigenvalue weighted by molar-refractivity contribution is 6.31. The molecule has 2 rings (SSSR count). The van der Waals surface area contributed by atoms with Crippen molar-refractivity contribution in [1.29, 1.82) is 0 Å². The van der Waals surface area contributed by atoms with E-state index in [0.717, 1.165) is 6.42 Å². The highest BCUT2D eigenvalue weighted by atomic mass is 35.5. The van der Waals surface area contributed by atoms with Gasteiger partial charge in [0.05, 0.1) is 16.4 Å². The van der Waals surface area contributed by atoms with E-state index in [4.69, 9.17) is 17.3 Å². The van der Waals surface area contributed by atoms with E-state index in [0.29, 0.717) is 23.3 Å². The number of hydrogen-bond acceptors (Lipinski definition) is 2. The fraction of sp³-hybridized carbons (Fsp3) is 0.400. The minimum absolute atomic E-state index is 0.0666. The van der Waals surface area contributed by atoms with Crippen LogP contribution in [-0.4, -0.2) is 6.04 Å². The van der Waals surface area contributed by atoms with E-state index in [1.54, 1.807) is 0 Å². The van der Waals surface area contributed by atoms with Crippen molar-refractivity contribution < 1.29 is 4.39 Å². The maximum absolute atomic E-state index is 13.1. The van der Waals surface area contributed by atoms with Gasteiger partial charge in [-0.1, -0.05) is 18.5 Å². The van der Waals surface area contributed by atoms with Crippen LogP contribution in [0.4, 0.5) is 15.8 Å². The molecule has 1 saturated carbocycles. The van der Waals surface area contributed by atoms with Gasteiger partial charge in [0, 0.05) is 12.1 Å². The molecule has 1 aromatic carbocycles. The second kappa shape index (κ2) is 3.31. The Morgan fingerprint density at radius 3 is 2.79 bits per heavy atom. The number of halogens is 2. The fourth-order valence-electron chi connectivity index (χ4n) is 1.41. The predicted octanol–water partition coefficient (Wildman–Crippen LogP) is 2.88. The van der Waals surface area contributed by atoms with E-state index < -0.39 is 5.82 Å². The van der Waals surface area contributed by atoms with Gasteiger partial charge in [0.15, 0.2) is 0 Å². The molecule has 76 valence electrons. The van der Waals surface area contributed by atoms with E-state index in [2.05, 4.69) is 12.2 Å². The number of nitrogens with two attached hydrogens (primary N) is 1. The molecule has 0 heterocycles. The number of nitrogen functional groups attached to an aromatic ring is 1. The molecule has 0 amide bonds.